The van der Waals surface area contributed by atoms with Gasteiger partial charge in [0.15, 0.2) is 5.96 Å². The van der Waals surface area contributed by atoms with E-state index in [2.05, 4.69) is 15.6 Å². The summed E-state index contributed by atoms with van der Waals surface area (Å²) in [5, 5.41) is 5.99. The Morgan fingerprint density at radius 1 is 1.23 bits per heavy atom. The average molecular weight is 416 g/mol. The molecule has 2 rings (SSSR count). The molecule has 0 bridgehead atoms. The molecule has 0 radical (unpaired) electrons. The van der Waals surface area contributed by atoms with Gasteiger partial charge in [-0.3, -0.25) is 4.79 Å². The lowest BCUT2D eigenvalue weighted by atomic mass is 9.95. The smallest absolute Gasteiger partial charge is 0.242 e. The standard InChI is InChI=1S/C16H24N4O.HI/c1-12-7-9-14(10-8-12)20-16(17)18-11-15(21)19-13-5-3-2-4-6-13;/h7-10,13H,2-6,11H2,1H3,(H,19,21)(H3,17,18,20);1H. The van der Waals surface area contributed by atoms with Crippen LogP contribution in [0.15, 0.2) is 29.3 Å². The Morgan fingerprint density at radius 3 is 2.50 bits per heavy atom. The number of anilines is 1. The topological polar surface area (TPSA) is 79.5 Å². The third kappa shape index (κ3) is 6.64. The van der Waals surface area contributed by atoms with Crippen molar-refractivity contribution in [1.29, 1.82) is 0 Å². The van der Waals surface area contributed by atoms with E-state index in [1.54, 1.807) is 0 Å². The van der Waals surface area contributed by atoms with E-state index in [0.717, 1.165) is 18.5 Å². The van der Waals surface area contributed by atoms with Gasteiger partial charge in [0.05, 0.1) is 0 Å². The number of rotatable bonds is 4. The molecule has 0 unspecified atom stereocenters. The van der Waals surface area contributed by atoms with E-state index in [0.29, 0.717) is 6.04 Å². The molecule has 22 heavy (non-hydrogen) atoms. The molecular weight excluding hydrogens is 391 g/mol. The lowest BCUT2D eigenvalue weighted by molar-refractivity contribution is -0.120. The zero-order valence-corrected chi connectivity index (χ0v) is 15.3. The molecule has 122 valence electrons. The van der Waals surface area contributed by atoms with Gasteiger partial charge in [0, 0.05) is 11.7 Å². The quantitative estimate of drug-likeness (QED) is 0.401. The van der Waals surface area contributed by atoms with Crippen LogP contribution in [0.3, 0.4) is 0 Å². The zero-order chi connectivity index (χ0) is 15.1. The highest BCUT2D eigenvalue weighted by Crippen LogP contribution is 2.17. The number of aryl methyl sites for hydroxylation is 1. The first-order valence-electron chi connectivity index (χ1n) is 7.56. The van der Waals surface area contributed by atoms with E-state index in [-0.39, 0.29) is 42.4 Å². The van der Waals surface area contributed by atoms with Crippen molar-refractivity contribution in [3.05, 3.63) is 29.8 Å². The van der Waals surface area contributed by atoms with Gasteiger partial charge in [-0.2, -0.15) is 0 Å². The predicted octanol–water partition coefficient (Wildman–Crippen LogP) is 2.79. The molecule has 1 aliphatic rings. The van der Waals surface area contributed by atoms with Crippen molar-refractivity contribution < 1.29 is 4.79 Å². The molecule has 1 saturated carbocycles. The largest absolute Gasteiger partial charge is 0.370 e. The van der Waals surface area contributed by atoms with Crippen LogP contribution in [0.2, 0.25) is 0 Å². The molecule has 0 atom stereocenters. The maximum atomic E-state index is 11.8. The van der Waals surface area contributed by atoms with Crippen molar-refractivity contribution >= 4 is 41.5 Å². The fourth-order valence-electron chi connectivity index (χ4n) is 2.50. The van der Waals surface area contributed by atoms with Gasteiger partial charge in [-0.25, -0.2) is 4.99 Å². The summed E-state index contributed by atoms with van der Waals surface area (Å²) in [5.41, 5.74) is 7.84. The van der Waals surface area contributed by atoms with Crippen molar-refractivity contribution in [3.8, 4) is 0 Å². The summed E-state index contributed by atoms with van der Waals surface area (Å²) in [6.45, 7) is 2.10. The summed E-state index contributed by atoms with van der Waals surface area (Å²) in [5.74, 6) is 0.202. The van der Waals surface area contributed by atoms with E-state index in [4.69, 9.17) is 5.73 Å². The Morgan fingerprint density at radius 2 is 1.86 bits per heavy atom. The Kier molecular flexibility index (Phi) is 8.22. The van der Waals surface area contributed by atoms with Crippen LogP contribution >= 0.6 is 24.0 Å². The van der Waals surface area contributed by atoms with E-state index < -0.39 is 0 Å². The zero-order valence-electron chi connectivity index (χ0n) is 13.0. The van der Waals surface area contributed by atoms with Crippen molar-refractivity contribution in [2.24, 2.45) is 10.7 Å². The molecule has 4 N–H and O–H groups in total. The molecule has 1 aromatic carbocycles. The van der Waals surface area contributed by atoms with Crippen LogP contribution in [0.5, 0.6) is 0 Å². The Hall–Kier alpha value is -1.31. The van der Waals surface area contributed by atoms with Gasteiger partial charge in [0.2, 0.25) is 5.91 Å². The minimum Gasteiger partial charge on any atom is -0.370 e. The summed E-state index contributed by atoms with van der Waals surface area (Å²) < 4.78 is 0. The molecule has 1 fully saturated rings. The number of carbonyl (C=O) groups excluding carboxylic acids is 1. The number of nitrogens with one attached hydrogen (secondary N) is 2. The van der Waals surface area contributed by atoms with Crippen LogP contribution in [-0.4, -0.2) is 24.5 Å². The van der Waals surface area contributed by atoms with Crippen LogP contribution in [-0.2, 0) is 4.79 Å². The second-order valence-electron chi connectivity index (χ2n) is 5.59. The highest BCUT2D eigenvalue weighted by molar-refractivity contribution is 14.0. The van der Waals surface area contributed by atoms with E-state index in [9.17, 15) is 4.79 Å². The molecule has 0 spiro atoms. The summed E-state index contributed by atoms with van der Waals surface area (Å²) in [6, 6.07) is 8.16. The molecule has 0 aliphatic heterocycles. The molecule has 1 aromatic rings. The number of nitrogens with zero attached hydrogens (tertiary/aromatic N) is 1. The number of nitrogens with two attached hydrogens (primary N) is 1. The van der Waals surface area contributed by atoms with Gasteiger partial charge < -0.3 is 16.4 Å². The highest BCUT2D eigenvalue weighted by Gasteiger charge is 2.15. The fraction of sp³-hybridized carbons (Fsp3) is 0.500. The molecule has 0 heterocycles. The molecule has 0 saturated heterocycles. The third-order valence-electron chi connectivity index (χ3n) is 3.69. The highest BCUT2D eigenvalue weighted by atomic mass is 127. The minimum absolute atomic E-state index is 0. The number of amides is 1. The molecule has 6 heteroatoms. The van der Waals surface area contributed by atoms with Crippen LogP contribution in [0.25, 0.3) is 0 Å². The average Bonchev–Trinajstić information content (AvgIpc) is 2.49. The Labute approximate surface area is 149 Å². The van der Waals surface area contributed by atoms with Crippen molar-refractivity contribution in [2.45, 2.75) is 45.1 Å². The molecule has 1 aliphatic carbocycles. The summed E-state index contributed by atoms with van der Waals surface area (Å²) >= 11 is 0. The third-order valence-corrected chi connectivity index (χ3v) is 3.69. The Bertz CT molecular complexity index is 495. The number of benzene rings is 1. The molecular formula is C16H25IN4O. The van der Waals surface area contributed by atoms with Gasteiger partial charge >= 0.3 is 0 Å². The van der Waals surface area contributed by atoms with Crippen molar-refractivity contribution in [3.63, 3.8) is 0 Å². The molecule has 5 nitrogen and oxygen atoms in total. The van der Waals surface area contributed by atoms with Gasteiger partial charge in [-0.05, 0) is 31.9 Å². The van der Waals surface area contributed by atoms with E-state index >= 15 is 0 Å². The van der Waals surface area contributed by atoms with Crippen molar-refractivity contribution in [1.82, 2.24) is 5.32 Å². The summed E-state index contributed by atoms with van der Waals surface area (Å²) in [7, 11) is 0. The van der Waals surface area contributed by atoms with Gasteiger partial charge in [-0.15, -0.1) is 24.0 Å². The molecule has 1 amide bonds. The normalized spacial score (nSPS) is 15.8. The van der Waals surface area contributed by atoms with E-state index in [1.807, 2.05) is 31.2 Å². The second kappa shape index (κ2) is 9.66. The number of hydrogen-bond acceptors (Lipinski definition) is 2. The van der Waals surface area contributed by atoms with Gasteiger partial charge in [0.1, 0.15) is 6.54 Å². The minimum atomic E-state index is -0.0597. The van der Waals surface area contributed by atoms with Gasteiger partial charge in [-0.1, -0.05) is 37.0 Å². The number of halogens is 1. The molecule has 0 aromatic heterocycles. The van der Waals surface area contributed by atoms with Crippen LogP contribution in [0.4, 0.5) is 5.69 Å². The maximum Gasteiger partial charge on any atom is 0.242 e. The predicted molar refractivity (Wildman–Crippen MR) is 102 cm³/mol. The lowest BCUT2D eigenvalue weighted by Crippen LogP contribution is -2.38. The van der Waals surface area contributed by atoms with E-state index in [1.165, 1.54) is 24.8 Å². The van der Waals surface area contributed by atoms with Crippen LogP contribution in [0, 0.1) is 6.92 Å². The lowest BCUT2D eigenvalue weighted by Gasteiger charge is -2.22. The first kappa shape index (κ1) is 18.7. The van der Waals surface area contributed by atoms with Crippen molar-refractivity contribution in [2.75, 3.05) is 11.9 Å². The second-order valence-corrected chi connectivity index (χ2v) is 5.59. The Balaban J connectivity index is 0.00000242. The first-order valence-corrected chi connectivity index (χ1v) is 7.56. The van der Waals surface area contributed by atoms with Crippen LogP contribution < -0.4 is 16.4 Å². The summed E-state index contributed by atoms with van der Waals surface area (Å²) in [4.78, 5) is 15.9. The SMILES string of the molecule is Cc1ccc(NC(N)=NCC(=O)NC2CCCCC2)cc1.I. The van der Waals surface area contributed by atoms with Gasteiger partial charge in [0.25, 0.3) is 0 Å². The summed E-state index contributed by atoms with van der Waals surface area (Å²) in [6.07, 6.45) is 5.83. The fourth-order valence-corrected chi connectivity index (χ4v) is 2.50. The maximum absolute atomic E-state index is 11.8. The number of carbonyl (C=O) groups is 1. The monoisotopic (exact) mass is 416 g/mol. The first-order chi connectivity index (χ1) is 10.1. The van der Waals surface area contributed by atoms with Crippen LogP contribution in [0.1, 0.15) is 37.7 Å². The number of guanidine groups is 1. The number of aliphatic imine (C=N–C) groups is 1. The number of hydrogen-bond donors (Lipinski definition) is 3.